The quantitative estimate of drug-likeness (QED) is 0.625. The van der Waals surface area contributed by atoms with E-state index < -0.39 is 0 Å². The second-order valence-electron chi connectivity index (χ2n) is 3.11. The van der Waals surface area contributed by atoms with Crippen molar-refractivity contribution < 1.29 is 4.52 Å². The summed E-state index contributed by atoms with van der Waals surface area (Å²) < 4.78 is 4.97. The maximum atomic E-state index is 8.68. The molecule has 1 heterocycles. The molecule has 0 N–H and O–H groups in total. The van der Waals surface area contributed by atoms with Crippen LogP contribution < -0.4 is 0 Å². The molecule has 0 aliphatic rings. The summed E-state index contributed by atoms with van der Waals surface area (Å²) in [5.74, 6) is 0.569. The van der Waals surface area contributed by atoms with Crippen molar-refractivity contribution >= 4 is 0 Å². The minimum absolute atomic E-state index is 0.332. The average Bonchev–Trinajstić information content (AvgIpc) is 2.52. The van der Waals surface area contributed by atoms with Crippen molar-refractivity contribution in [3.63, 3.8) is 0 Å². The highest BCUT2D eigenvalue weighted by Gasteiger charge is 2.24. The van der Waals surface area contributed by atoms with E-state index in [9.17, 15) is 0 Å². The van der Waals surface area contributed by atoms with Crippen molar-refractivity contribution in [2.45, 2.75) is 19.3 Å². The van der Waals surface area contributed by atoms with Crippen LogP contribution in [0, 0.1) is 11.3 Å². The Morgan fingerprint density at radius 3 is 2.92 bits per heavy atom. The van der Waals surface area contributed by atoms with Crippen LogP contribution in [0.3, 0.4) is 0 Å². The number of nitrogens with zero attached hydrogens (tertiary/aromatic N) is 2. The second kappa shape index (κ2) is 2.82. The maximum Gasteiger partial charge on any atom is 0.163 e. The molecule has 0 saturated heterocycles. The Bertz CT molecular complexity index is 331. The fraction of sp³-hybridized carbons (Fsp3) is 0.333. The molecule has 0 aliphatic heterocycles. The van der Waals surface area contributed by atoms with Gasteiger partial charge in [0, 0.05) is 5.41 Å². The van der Waals surface area contributed by atoms with Crippen LogP contribution in [0.15, 0.2) is 23.4 Å². The molecular formula is C9H10N2O. The number of aromatic nitrogens is 1. The molecule has 0 aromatic carbocycles. The first-order chi connectivity index (χ1) is 5.61. The van der Waals surface area contributed by atoms with Crippen LogP contribution >= 0.6 is 0 Å². The Balaban J connectivity index is 3.20. The Labute approximate surface area is 71.3 Å². The minimum atomic E-state index is -0.332. The predicted molar refractivity (Wildman–Crippen MR) is 44.4 cm³/mol. The fourth-order valence-corrected chi connectivity index (χ4v) is 0.877. The van der Waals surface area contributed by atoms with Gasteiger partial charge in [0.05, 0.1) is 6.20 Å². The normalized spacial score (nSPS) is 10.8. The van der Waals surface area contributed by atoms with E-state index in [4.69, 9.17) is 9.78 Å². The lowest BCUT2D eigenvalue weighted by Gasteiger charge is -2.14. The smallest absolute Gasteiger partial charge is 0.163 e. The number of nitriles is 1. The average molecular weight is 162 g/mol. The van der Waals surface area contributed by atoms with E-state index in [0.29, 0.717) is 11.3 Å². The van der Waals surface area contributed by atoms with Gasteiger partial charge in [-0.2, -0.15) is 5.26 Å². The van der Waals surface area contributed by atoms with Gasteiger partial charge in [-0.05, 0) is 13.8 Å². The summed E-state index contributed by atoms with van der Waals surface area (Å²) >= 11 is 0. The molecule has 0 bridgehead atoms. The fourth-order valence-electron chi connectivity index (χ4n) is 0.877. The van der Waals surface area contributed by atoms with E-state index >= 15 is 0 Å². The van der Waals surface area contributed by atoms with E-state index in [1.54, 1.807) is 6.08 Å². The Morgan fingerprint density at radius 1 is 1.75 bits per heavy atom. The summed E-state index contributed by atoms with van der Waals surface area (Å²) in [4.78, 5) is 0. The predicted octanol–water partition coefficient (Wildman–Crippen LogP) is 2.01. The van der Waals surface area contributed by atoms with Crippen LogP contribution in [0.2, 0.25) is 0 Å². The van der Waals surface area contributed by atoms with Crippen molar-refractivity contribution in [2.75, 3.05) is 0 Å². The van der Waals surface area contributed by atoms with Gasteiger partial charge in [0.1, 0.15) is 11.6 Å². The van der Waals surface area contributed by atoms with Crippen LogP contribution in [0.25, 0.3) is 0 Å². The molecule has 3 heteroatoms. The van der Waals surface area contributed by atoms with Gasteiger partial charge in [-0.15, -0.1) is 6.58 Å². The van der Waals surface area contributed by atoms with Crippen LogP contribution in [-0.4, -0.2) is 5.16 Å². The molecule has 1 rings (SSSR count). The van der Waals surface area contributed by atoms with E-state index in [2.05, 4.69) is 11.7 Å². The second-order valence-corrected chi connectivity index (χ2v) is 3.11. The molecule has 0 radical (unpaired) electrons. The van der Waals surface area contributed by atoms with Gasteiger partial charge in [-0.3, -0.25) is 0 Å². The van der Waals surface area contributed by atoms with E-state index in [1.807, 2.05) is 19.9 Å². The molecule has 0 atom stereocenters. The van der Waals surface area contributed by atoms with Gasteiger partial charge < -0.3 is 4.52 Å². The lowest BCUT2D eigenvalue weighted by Crippen LogP contribution is -2.13. The summed E-state index contributed by atoms with van der Waals surface area (Å²) in [6.07, 6.45) is 3.15. The topological polar surface area (TPSA) is 49.8 Å². The van der Waals surface area contributed by atoms with Crippen LogP contribution in [0.4, 0.5) is 0 Å². The van der Waals surface area contributed by atoms with Gasteiger partial charge in [0.2, 0.25) is 0 Å². The highest BCUT2D eigenvalue weighted by molar-refractivity contribution is 5.35. The van der Waals surface area contributed by atoms with Crippen LogP contribution in [0.1, 0.15) is 25.2 Å². The van der Waals surface area contributed by atoms with Gasteiger partial charge in [-0.25, -0.2) is 0 Å². The third-order valence-corrected chi connectivity index (χ3v) is 1.79. The molecule has 0 aliphatic carbocycles. The highest BCUT2D eigenvalue weighted by Crippen LogP contribution is 2.26. The summed E-state index contributed by atoms with van der Waals surface area (Å²) in [5, 5.41) is 12.2. The maximum absolute atomic E-state index is 8.68. The Morgan fingerprint density at radius 2 is 2.42 bits per heavy atom. The van der Waals surface area contributed by atoms with Crippen molar-refractivity contribution in [3.8, 4) is 6.07 Å². The monoisotopic (exact) mass is 162 g/mol. The molecule has 12 heavy (non-hydrogen) atoms. The Hall–Kier alpha value is -1.56. The summed E-state index contributed by atoms with van der Waals surface area (Å²) in [6, 6.07) is 2.01. The standard InChI is InChI=1S/C9H10N2O/c1-4-9(2,3)8-7(5-10)6-11-12-8/h4,6H,1H2,2-3H3. The third kappa shape index (κ3) is 1.24. The molecule has 1 aromatic rings. The van der Waals surface area contributed by atoms with Crippen molar-refractivity contribution in [1.29, 1.82) is 5.26 Å². The zero-order valence-electron chi connectivity index (χ0n) is 7.16. The third-order valence-electron chi connectivity index (χ3n) is 1.79. The SMILES string of the molecule is C=CC(C)(C)c1oncc1C#N. The van der Waals surface area contributed by atoms with Crippen molar-refractivity contribution in [3.05, 3.63) is 30.2 Å². The van der Waals surface area contributed by atoms with E-state index in [0.717, 1.165) is 0 Å². The van der Waals surface area contributed by atoms with Crippen molar-refractivity contribution in [2.24, 2.45) is 0 Å². The van der Waals surface area contributed by atoms with E-state index in [-0.39, 0.29) is 5.41 Å². The van der Waals surface area contributed by atoms with Gasteiger partial charge in [0.25, 0.3) is 0 Å². The van der Waals surface area contributed by atoms with Gasteiger partial charge >= 0.3 is 0 Å². The first kappa shape index (κ1) is 8.54. The first-order valence-corrected chi connectivity index (χ1v) is 3.60. The van der Waals surface area contributed by atoms with Crippen LogP contribution in [0.5, 0.6) is 0 Å². The molecule has 0 unspecified atom stereocenters. The zero-order chi connectivity index (χ0) is 9.19. The Kier molecular flexibility index (Phi) is 2.01. The molecule has 0 amide bonds. The zero-order valence-corrected chi connectivity index (χ0v) is 7.16. The molecule has 3 nitrogen and oxygen atoms in total. The summed E-state index contributed by atoms with van der Waals surface area (Å²) in [6.45, 7) is 7.50. The van der Waals surface area contributed by atoms with Crippen molar-refractivity contribution in [1.82, 2.24) is 5.16 Å². The van der Waals surface area contributed by atoms with Gasteiger partial charge in [0.15, 0.2) is 5.76 Å². The lowest BCUT2D eigenvalue weighted by atomic mass is 9.88. The number of hydrogen-bond acceptors (Lipinski definition) is 3. The number of hydrogen-bond donors (Lipinski definition) is 0. The highest BCUT2D eigenvalue weighted by atomic mass is 16.5. The largest absolute Gasteiger partial charge is 0.359 e. The number of allylic oxidation sites excluding steroid dienone is 1. The molecule has 0 fully saturated rings. The molecule has 0 saturated carbocycles. The molecule has 62 valence electrons. The molecule has 0 spiro atoms. The molecular weight excluding hydrogens is 152 g/mol. The first-order valence-electron chi connectivity index (χ1n) is 3.60. The van der Waals surface area contributed by atoms with E-state index in [1.165, 1.54) is 6.20 Å². The number of rotatable bonds is 2. The molecule has 1 aromatic heterocycles. The van der Waals surface area contributed by atoms with Gasteiger partial charge in [-0.1, -0.05) is 11.2 Å². The summed E-state index contributed by atoms with van der Waals surface area (Å²) in [7, 11) is 0. The minimum Gasteiger partial charge on any atom is -0.359 e. The van der Waals surface area contributed by atoms with Crippen LogP contribution in [-0.2, 0) is 5.41 Å². The summed E-state index contributed by atoms with van der Waals surface area (Å²) in [5.41, 5.74) is 0.140. The lowest BCUT2D eigenvalue weighted by molar-refractivity contribution is 0.344.